The lowest BCUT2D eigenvalue weighted by atomic mass is 9.86. The van der Waals surface area contributed by atoms with Gasteiger partial charge in [-0.25, -0.2) is 20.9 Å². The summed E-state index contributed by atoms with van der Waals surface area (Å²) < 4.78 is 8.96. The molecule has 6 N–H and O–H groups in total. The van der Waals surface area contributed by atoms with Gasteiger partial charge in [0.25, 0.3) is 11.8 Å². The number of rotatable bonds is 9. The average molecular weight is 765 g/mol. The number of hydrazine groups is 1. The molecule has 21 heteroatoms. The number of ether oxygens (including phenoxy) is 2. The topological polar surface area (TPSA) is 278 Å². The summed E-state index contributed by atoms with van der Waals surface area (Å²) >= 11 is 0. The van der Waals surface area contributed by atoms with E-state index >= 15 is 0 Å². The summed E-state index contributed by atoms with van der Waals surface area (Å²) in [5.74, 6) is 5.18. The number of nitrogens with one attached hydrogen (secondary N) is 4. The summed E-state index contributed by atoms with van der Waals surface area (Å²) in [5.41, 5.74) is 6.56. The molecule has 0 bridgehead atoms. The average Bonchev–Trinajstić information content (AvgIpc) is 3.80. The second-order valence-electron chi connectivity index (χ2n) is 13.7. The van der Waals surface area contributed by atoms with Crippen LogP contribution in [-0.2, 0) is 33.2 Å². The maximum Gasteiger partial charge on any atom is 0.407 e. The van der Waals surface area contributed by atoms with Crippen LogP contribution < -0.4 is 27.3 Å². The highest BCUT2D eigenvalue weighted by atomic mass is 16.5. The highest BCUT2D eigenvalue weighted by molar-refractivity contribution is 5.88. The van der Waals surface area contributed by atoms with Crippen LogP contribution in [0.2, 0.25) is 0 Å². The molecule has 0 aliphatic carbocycles. The Balaban J connectivity index is 0.000000314. The number of aldehydes is 1. The first-order valence-corrected chi connectivity index (χ1v) is 16.5. The minimum absolute atomic E-state index is 0.433. The van der Waals surface area contributed by atoms with Crippen LogP contribution in [0.25, 0.3) is 22.8 Å². The molecule has 0 fully saturated rings. The van der Waals surface area contributed by atoms with E-state index in [1.165, 1.54) is 30.0 Å². The van der Waals surface area contributed by atoms with Crippen molar-refractivity contribution in [2.75, 3.05) is 14.2 Å². The van der Waals surface area contributed by atoms with E-state index in [1.54, 1.807) is 38.4 Å². The van der Waals surface area contributed by atoms with E-state index in [0.717, 1.165) is 23.0 Å². The number of nitrogens with two attached hydrogens (primary N) is 1. The molecule has 4 rings (SSSR count). The highest BCUT2D eigenvalue weighted by Crippen LogP contribution is 2.20. The number of carbonyl (C=O) groups excluding carboxylic acids is 5. The first-order chi connectivity index (χ1) is 25.8. The summed E-state index contributed by atoms with van der Waals surface area (Å²) in [4.78, 5) is 59.2. The molecule has 2 unspecified atom stereocenters. The molecule has 2 heterocycles. The molecule has 55 heavy (non-hydrogen) atoms. The maximum absolute atomic E-state index is 12.4. The number of methoxy groups -OCH3 is 2. The van der Waals surface area contributed by atoms with Gasteiger partial charge in [0.15, 0.2) is 0 Å². The van der Waals surface area contributed by atoms with Gasteiger partial charge in [-0.05, 0) is 26.8 Å². The van der Waals surface area contributed by atoms with Crippen molar-refractivity contribution in [1.29, 1.82) is 0 Å². The minimum atomic E-state index is -0.799. The number of hydrazone groups is 1. The summed E-state index contributed by atoms with van der Waals surface area (Å²) in [6, 6.07) is 12.8. The van der Waals surface area contributed by atoms with Crippen molar-refractivity contribution in [2.24, 2.45) is 35.9 Å². The smallest absolute Gasteiger partial charge is 0.407 e. The predicted octanol–water partition coefficient (Wildman–Crippen LogP) is 1.53. The summed E-state index contributed by atoms with van der Waals surface area (Å²) in [5, 5.41) is 32.3. The molecule has 0 saturated carbocycles. The van der Waals surface area contributed by atoms with Gasteiger partial charge >= 0.3 is 12.2 Å². The van der Waals surface area contributed by atoms with Crippen LogP contribution in [0, 0.1) is 10.8 Å². The Labute approximate surface area is 317 Å². The molecule has 4 aromatic rings. The van der Waals surface area contributed by atoms with E-state index < -0.39 is 46.9 Å². The number of aryl methyl sites for hydroxylation is 2. The molecule has 2 atom stereocenters. The standard InChI is InChI=1S/C17H23N7O3.C9H8N4O.C8H17N3O3/c1-17(2,3)13(19-16(26)27-5)15(25)21-18-10-11-6-8-12(9-7-11)14-20-23-24(4)22-14;1-13-11-9(10-12-13)8-4-2-7(6-14)3-5-8;1-8(2,3)5(6(12)11-9)10-7(13)14-4/h6-10,13H,1-5H3,(H,19,26)(H,21,25);2-6H,1H3;5H,9H2,1-4H3,(H,10,13)(H,11,12)/b18-10-;;. The van der Waals surface area contributed by atoms with Crippen molar-refractivity contribution >= 4 is 36.5 Å². The fourth-order valence-corrected chi connectivity index (χ4v) is 4.25. The molecule has 0 saturated heterocycles. The number of amides is 4. The van der Waals surface area contributed by atoms with Crippen molar-refractivity contribution in [3.63, 3.8) is 0 Å². The van der Waals surface area contributed by atoms with Gasteiger partial charge in [0.05, 0.1) is 34.5 Å². The van der Waals surface area contributed by atoms with Gasteiger partial charge in [-0.1, -0.05) is 90.1 Å². The van der Waals surface area contributed by atoms with Gasteiger partial charge in [0, 0.05) is 16.7 Å². The summed E-state index contributed by atoms with van der Waals surface area (Å²) in [6.45, 7) is 10.9. The maximum atomic E-state index is 12.4. The summed E-state index contributed by atoms with van der Waals surface area (Å²) in [6.07, 6.45) is 0.966. The van der Waals surface area contributed by atoms with Crippen molar-refractivity contribution in [3.05, 3.63) is 59.7 Å². The van der Waals surface area contributed by atoms with E-state index in [9.17, 15) is 24.0 Å². The molecule has 0 aliphatic heterocycles. The highest BCUT2D eigenvalue weighted by Gasteiger charge is 2.33. The third-order valence-corrected chi connectivity index (χ3v) is 7.17. The lowest BCUT2D eigenvalue weighted by Crippen LogP contribution is -2.55. The Bertz CT molecular complexity index is 1890. The number of hydrogen-bond donors (Lipinski definition) is 5. The Hall–Kier alpha value is -6.64. The molecule has 2 aromatic carbocycles. The zero-order chi connectivity index (χ0) is 41.3. The molecular weight excluding hydrogens is 716 g/mol. The van der Waals surface area contributed by atoms with Gasteiger partial charge in [-0.3, -0.25) is 19.8 Å². The molecule has 21 nitrogen and oxygen atoms in total. The second kappa shape index (κ2) is 20.6. The number of alkyl carbamates (subject to hydrolysis) is 2. The molecular formula is C34H48N14O7. The predicted molar refractivity (Wildman–Crippen MR) is 199 cm³/mol. The normalized spacial score (nSPS) is 12.1. The number of nitrogens with zero attached hydrogens (tertiary/aromatic N) is 9. The monoisotopic (exact) mass is 764 g/mol. The Morgan fingerprint density at radius 2 is 1.11 bits per heavy atom. The largest absolute Gasteiger partial charge is 0.453 e. The van der Waals surface area contributed by atoms with Crippen LogP contribution in [-0.4, -0.2) is 103 Å². The third-order valence-electron chi connectivity index (χ3n) is 7.17. The zero-order valence-electron chi connectivity index (χ0n) is 32.4. The van der Waals surface area contributed by atoms with E-state index in [4.69, 9.17) is 5.84 Å². The van der Waals surface area contributed by atoms with Crippen molar-refractivity contribution in [1.82, 2.24) is 61.9 Å². The Kier molecular flexibility index (Phi) is 16.6. The third kappa shape index (κ3) is 14.7. The van der Waals surface area contributed by atoms with Crippen molar-refractivity contribution < 1.29 is 33.4 Å². The Morgan fingerprint density at radius 1 is 0.709 bits per heavy atom. The fourth-order valence-electron chi connectivity index (χ4n) is 4.25. The minimum Gasteiger partial charge on any atom is -0.453 e. The molecule has 0 radical (unpaired) electrons. The van der Waals surface area contributed by atoms with Gasteiger partial charge in [-0.2, -0.15) is 14.7 Å². The lowest BCUT2D eigenvalue weighted by Gasteiger charge is -2.28. The van der Waals surface area contributed by atoms with Crippen molar-refractivity contribution in [3.8, 4) is 22.8 Å². The van der Waals surface area contributed by atoms with Crippen LogP contribution in [0.5, 0.6) is 0 Å². The number of tetrazole rings is 2. The van der Waals surface area contributed by atoms with Gasteiger partial charge in [0.2, 0.25) is 11.6 Å². The molecule has 0 spiro atoms. The van der Waals surface area contributed by atoms with Gasteiger partial charge < -0.3 is 20.1 Å². The van der Waals surface area contributed by atoms with Crippen LogP contribution in [0.15, 0.2) is 53.6 Å². The SMILES string of the molecule is COC(=O)NC(C(=O)N/N=C\c1ccc(-c2nnn(C)n2)cc1)C(C)(C)C.COC(=O)NC(C(=O)NN)C(C)(C)C.Cn1nnc(-c2ccc(C=O)cc2)n1. The number of benzene rings is 2. The first-order valence-electron chi connectivity index (χ1n) is 16.5. The molecule has 4 amide bonds. The quantitative estimate of drug-likeness (QED) is 0.0532. The molecule has 2 aromatic heterocycles. The van der Waals surface area contributed by atoms with Crippen LogP contribution >= 0.6 is 0 Å². The van der Waals surface area contributed by atoms with E-state index in [2.05, 4.69) is 61.5 Å². The van der Waals surface area contributed by atoms with Crippen LogP contribution in [0.3, 0.4) is 0 Å². The van der Waals surface area contributed by atoms with Crippen LogP contribution in [0.4, 0.5) is 9.59 Å². The first kappa shape index (κ1) is 44.5. The second-order valence-corrected chi connectivity index (χ2v) is 13.7. The van der Waals surface area contributed by atoms with E-state index in [1.807, 2.05) is 71.2 Å². The van der Waals surface area contributed by atoms with E-state index in [0.29, 0.717) is 17.2 Å². The van der Waals surface area contributed by atoms with Gasteiger partial charge in [0.1, 0.15) is 18.4 Å². The number of aromatic nitrogens is 8. The van der Waals surface area contributed by atoms with Crippen molar-refractivity contribution in [2.45, 2.75) is 53.6 Å². The Morgan fingerprint density at radius 3 is 1.44 bits per heavy atom. The lowest BCUT2D eigenvalue weighted by molar-refractivity contribution is -0.126. The summed E-state index contributed by atoms with van der Waals surface area (Å²) in [7, 11) is 5.87. The zero-order valence-corrected chi connectivity index (χ0v) is 32.4. The van der Waals surface area contributed by atoms with Crippen LogP contribution in [0.1, 0.15) is 57.5 Å². The van der Waals surface area contributed by atoms with E-state index in [-0.39, 0.29) is 0 Å². The number of hydrogen-bond acceptors (Lipinski definition) is 15. The molecule has 296 valence electrons. The molecule has 0 aliphatic rings. The fraction of sp³-hybridized carbons (Fsp3) is 0.412. The number of carbonyl (C=O) groups is 5. The van der Waals surface area contributed by atoms with Gasteiger partial charge in [-0.15, -0.1) is 20.4 Å².